The van der Waals surface area contributed by atoms with Gasteiger partial charge in [-0.2, -0.15) is 4.39 Å². The van der Waals surface area contributed by atoms with Crippen LogP contribution >= 0.6 is 7.82 Å². The monoisotopic (exact) mass is 620 g/mol. The molecule has 1 aliphatic heterocycles. The van der Waals surface area contributed by atoms with Crippen LogP contribution in [0.3, 0.4) is 0 Å². The SMILES string of the molecule is O=c1[nH]c(=O)n([C@H]2C[C@H](O)[C@@H](COP(=O)(O)OCCOCCCCCCCCCCCCC3CCCCC3)O2)cc1F. The van der Waals surface area contributed by atoms with Gasteiger partial charge in [0.15, 0.2) is 0 Å². The highest BCUT2D eigenvalue weighted by Gasteiger charge is 2.37. The van der Waals surface area contributed by atoms with E-state index in [1.807, 2.05) is 0 Å². The number of aliphatic hydroxyl groups is 1. The molecular formula is C29H50FN2O9P. The minimum absolute atomic E-state index is 0.107. The van der Waals surface area contributed by atoms with Crippen molar-refractivity contribution in [3.05, 3.63) is 32.9 Å². The lowest BCUT2D eigenvalue weighted by atomic mass is 9.85. The molecule has 0 amide bonds. The molecule has 1 unspecified atom stereocenters. The van der Waals surface area contributed by atoms with E-state index in [9.17, 15) is 28.5 Å². The molecule has 242 valence electrons. The molecule has 0 radical (unpaired) electrons. The van der Waals surface area contributed by atoms with Crippen LogP contribution in [0.15, 0.2) is 15.8 Å². The molecule has 2 heterocycles. The van der Waals surface area contributed by atoms with Crippen LogP contribution in [-0.2, 0) is 23.1 Å². The van der Waals surface area contributed by atoms with Gasteiger partial charge < -0.3 is 19.5 Å². The van der Waals surface area contributed by atoms with E-state index in [0.29, 0.717) is 12.8 Å². The molecule has 1 aromatic rings. The molecule has 0 spiro atoms. The Labute approximate surface area is 247 Å². The highest BCUT2D eigenvalue weighted by atomic mass is 31.2. The summed E-state index contributed by atoms with van der Waals surface area (Å²) in [5, 5.41) is 10.2. The first-order valence-electron chi connectivity index (χ1n) is 15.8. The van der Waals surface area contributed by atoms with Crippen molar-refractivity contribution in [2.24, 2.45) is 5.92 Å². The first-order valence-corrected chi connectivity index (χ1v) is 17.3. The van der Waals surface area contributed by atoms with E-state index >= 15 is 0 Å². The fourth-order valence-electron chi connectivity index (χ4n) is 5.76. The number of H-pyrrole nitrogens is 1. The molecule has 0 aromatic carbocycles. The molecule has 1 saturated heterocycles. The van der Waals surface area contributed by atoms with E-state index < -0.39 is 49.9 Å². The third-order valence-corrected chi connectivity index (χ3v) is 9.18. The number of aromatic nitrogens is 2. The number of phosphoric ester groups is 1. The largest absolute Gasteiger partial charge is 0.472 e. The maximum atomic E-state index is 13.5. The summed E-state index contributed by atoms with van der Waals surface area (Å²) < 4.78 is 47.2. The van der Waals surface area contributed by atoms with Crippen molar-refractivity contribution in [3.8, 4) is 0 Å². The summed E-state index contributed by atoms with van der Waals surface area (Å²) in [6, 6.07) is 0. The smallest absolute Gasteiger partial charge is 0.390 e. The summed E-state index contributed by atoms with van der Waals surface area (Å²) in [5.41, 5.74) is -2.07. The lowest BCUT2D eigenvalue weighted by molar-refractivity contribution is -0.0474. The lowest BCUT2D eigenvalue weighted by Gasteiger charge is -2.21. The number of hydrogen-bond acceptors (Lipinski definition) is 8. The molecule has 11 nitrogen and oxygen atoms in total. The van der Waals surface area contributed by atoms with Gasteiger partial charge in [0.2, 0.25) is 5.82 Å². The van der Waals surface area contributed by atoms with Crippen molar-refractivity contribution in [2.45, 2.75) is 128 Å². The zero-order valence-electron chi connectivity index (χ0n) is 24.8. The second kappa shape index (κ2) is 19.1. The topological polar surface area (TPSA) is 149 Å². The average Bonchev–Trinajstić information content (AvgIpc) is 3.34. The molecule has 0 bridgehead atoms. The van der Waals surface area contributed by atoms with Crippen LogP contribution in [0.25, 0.3) is 0 Å². The van der Waals surface area contributed by atoms with Crippen molar-refractivity contribution in [2.75, 3.05) is 26.4 Å². The fraction of sp³-hybridized carbons (Fsp3) is 0.862. The lowest BCUT2D eigenvalue weighted by Crippen LogP contribution is -2.34. The van der Waals surface area contributed by atoms with Gasteiger partial charge in [-0.1, -0.05) is 96.3 Å². The first-order chi connectivity index (χ1) is 20.2. The summed E-state index contributed by atoms with van der Waals surface area (Å²) in [7, 11) is -4.43. The maximum absolute atomic E-state index is 13.5. The molecular weight excluding hydrogens is 570 g/mol. The summed E-state index contributed by atoms with van der Waals surface area (Å²) in [6.07, 6.45) is 18.6. The molecule has 4 atom stereocenters. The minimum Gasteiger partial charge on any atom is -0.390 e. The second-order valence-corrected chi connectivity index (χ2v) is 13.1. The second-order valence-electron chi connectivity index (χ2n) is 11.6. The number of nitrogens with zero attached hydrogens (tertiary/aromatic N) is 1. The number of hydrogen-bond donors (Lipinski definition) is 3. The van der Waals surface area contributed by atoms with Crippen molar-refractivity contribution >= 4 is 7.82 Å². The van der Waals surface area contributed by atoms with E-state index in [1.54, 1.807) is 4.98 Å². The van der Waals surface area contributed by atoms with Crippen LogP contribution in [0.5, 0.6) is 0 Å². The molecule has 3 rings (SSSR count). The molecule has 13 heteroatoms. The first kappa shape index (κ1) is 35.1. The summed E-state index contributed by atoms with van der Waals surface area (Å²) >= 11 is 0. The van der Waals surface area contributed by atoms with Crippen molar-refractivity contribution in [3.63, 3.8) is 0 Å². The van der Waals surface area contributed by atoms with Gasteiger partial charge in [-0.15, -0.1) is 0 Å². The number of aromatic amines is 1. The van der Waals surface area contributed by atoms with E-state index in [4.69, 9.17) is 18.5 Å². The summed E-state index contributed by atoms with van der Waals surface area (Å²) in [6.45, 7) is 0.0552. The summed E-state index contributed by atoms with van der Waals surface area (Å²) in [4.78, 5) is 34.8. The fourth-order valence-corrected chi connectivity index (χ4v) is 6.47. The molecule has 3 N–H and O–H groups in total. The molecule has 2 fully saturated rings. The third kappa shape index (κ3) is 13.1. The number of phosphoric acid groups is 1. The molecule has 1 aromatic heterocycles. The molecule has 2 aliphatic rings. The molecule has 1 saturated carbocycles. The number of aliphatic hydroxyl groups excluding tert-OH is 1. The Hall–Kier alpha value is -1.40. The number of rotatable bonds is 21. The van der Waals surface area contributed by atoms with Gasteiger partial charge in [0.1, 0.15) is 12.3 Å². The van der Waals surface area contributed by atoms with Gasteiger partial charge in [-0.3, -0.25) is 23.4 Å². The average molecular weight is 621 g/mol. The maximum Gasteiger partial charge on any atom is 0.472 e. The Balaban J connectivity index is 1.12. The van der Waals surface area contributed by atoms with Crippen LogP contribution in [0, 0.1) is 11.7 Å². The van der Waals surface area contributed by atoms with Crippen LogP contribution < -0.4 is 11.2 Å². The van der Waals surface area contributed by atoms with Gasteiger partial charge in [0.05, 0.1) is 32.1 Å². The highest BCUT2D eigenvalue weighted by molar-refractivity contribution is 7.47. The summed E-state index contributed by atoms with van der Waals surface area (Å²) in [5.74, 6) is -0.172. The minimum atomic E-state index is -4.43. The number of halogens is 1. The van der Waals surface area contributed by atoms with Gasteiger partial charge >= 0.3 is 13.5 Å². The molecule has 1 aliphatic carbocycles. The van der Waals surface area contributed by atoms with Crippen LogP contribution in [0.2, 0.25) is 0 Å². The van der Waals surface area contributed by atoms with Gasteiger partial charge in [0, 0.05) is 13.0 Å². The number of ether oxygens (including phenoxy) is 2. The van der Waals surface area contributed by atoms with Crippen LogP contribution in [-0.4, -0.2) is 58.2 Å². The van der Waals surface area contributed by atoms with Gasteiger partial charge in [0.25, 0.3) is 5.56 Å². The van der Waals surface area contributed by atoms with Crippen molar-refractivity contribution < 1.29 is 37.5 Å². The number of nitrogens with one attached hydrogen (secondary N) is 1. The van der Waals surface area contributed by atoms with Crippen LogP contribution in [0.4, 0.5) is 4.39 Å². The molecule has 42 heavy (non-hydrogen) atoms. The van der Waals surface area contributed by atoms with E-state index in [2.05, 4.69) is 0 Å². The zero-order chi connectivity index (χ0) is 30.2. The zero-order valence-corrected chi connectivity index (χ0v) is 25.7. The Morgan fingerprint density at radius 2 is 1.57 bits per heavy atom. The van der Waals surface area contributed by atoms with Gasteiger partial charge in [-0.25, -0.2) is 9.36 Å². The Bertz CT molecular complexity index is 1060. The highest BCUT2D eigenvalue weighted by Crippen LogP contribution is 2.44. The predicted octanol–water partition coefficient (Wildman–Crippen LogP) is 5.35. The Kier molecular flexibility index (Phi) is 15.9. The van der Waals surface area contributed by atoms with E-state index in [1.165, 1.54) is 89.9 Å². The Morgan fingerprint density at radius 1 is 0.929 bits per heavy atom. The van der Waals surface area contributed by atoms with Crippen molar-refractivity contribution in [1.29, 1.82) is 0 Å². The van der Waals surface area contributed by atoms with Gasteiger partial charge in [-0.05, 0) is 12.3 Å². The normalized spacial score (nSPS) is 22.9. The number of unbranched alkanes of at least 4 members (excludes halogenated alkanes) is 9. The third-order valence-electron chi connectivity index (χ3n) is 8.20. The quantitative estimate of drug-likeness (QED) is 0.122. The van der Waals surface area contributed by atoms with Crippen molar-refractivity contribution in [1.82, 2.24) is 9.55 Å². The van der Waals surface area contributed by atoms with E-state index in [-0.39, 0.29) is 19.6 Å². The van der Waals surface area contributed by atoms with Crippen LogP contribution in [0.1, 0.15) is 115 Å². The Morgan fingerprint density at radius 3 is 2.26 bits per heavy atom. The standard InChI is InChI=1S/C29H50FN2O9P/c30-24-21-32(29(35)31-28(24)34)27-20-25(33)26(41-27)22-40-42(36,37)39-19-18-38-17-13-8-6-4-2-1-3-5-7-10-14-23-15-11-9-12-16-23/h21,23,25-27,33H,1-20,22H2,(H,36,37)(H,31,34,35)/t25-,26+,27+/m0/s1. The van der Waals surface area contributed by atoms with E-state index in [0.717, 1.165) is 23.3 Å². The predicted molar refractivity (Wildman–Crippen MR) is 156 cm³/mol.